The number of benzene rings is 1. The Balaban J connectivity index is 0.000000483. The lowest BCUT2D eigenvalue weighted by molar-refractivity contribution is -0.132. The van der Waals surface area contributed by atoms with Crippen molar-refractivity contribution in [1.82, 2.24) is 14.7 Å². The van der Waals surface area contributed by atoms with Gasteiger partial charge in [0.25, 0.3) is 0 Å². The quantitative estimate of drug-likeness (QED) is 0.191. The van der Waals surface area contributed by atoms with Crippen LogP contribution < -0.4 is 4.90 Å². The number of unbranched alkanes of at least 4 members (excludes halogenated alkanes) is 4. The number of carbonyl (C=O) groups excluding carboxylic acids is 2. The summed E-state index contributed by atoms with van der Waals surface area (Å²) in [4.78, 5) is 29.4. The third-order valence-corrected chi connectivity index (χ3v) is 7.88. The number of fused-ring (bicyclic) bond motifs is 1. The minimum absolute atomic E-state index is 0.00138. The minimum Gasteiger partial charge on any atom is -0.368 e. The van der Waals surface area contributed by atoms with Crippen LogP contribution in [0.15, 0.2) is 18.2 Å². The summed E-state index contributed by atoms with van der Waals surface area (Å²) >= 11 is 0. The molecule has 40 heavy (non-hydrogen) atoms. The fraction of sp³-hybridized carbons (Fsp3) is 0.676. The van der Waals surface area contributed by atoms with Crippen LogP contribution >= 0.6 is 0 Å². The van der Waals surface area contributed by atoms with Gasteiger partial charge in [-0.2, -0.15) is 5.10 Å². The molecule has 1 aliphatic carbocycles. The van der Waals surface area contributed by atoms with Gasteiger partial charge in [0.2, 0.25) is 5.91 Å². The number of Topliss-reactive ketones (excluding diaryl/α,β-unsaturated/α-hetero) is 1. The van der Waals surface area contributed by atoms with Crippen molar-refractivity contribution in [2.45, 2.75) is 126 Å². The van der Waals surface area contributed by atoms with Gasteiger partial charge in [-0.15, -0.1) is 0 Å². The molecule has 4 rings (SSSR count). The standard InChI is InChI=1S/C24H32N4O2.C7H16.C3H8/c1-17-8-7-11-21(18(17)2)26-12-14-27(15-13-26)23(30)16-28-22-10-6-4-5-9-20(22)24(25-28)19(3)29;1-3-5-7-6-4-2;1-3-2/h7-8,11H,4-6,9-10,12-16H2,1-3H3;3-7H2,1-2H3;3H2,1-2H3. The van der Waals surface area contributed by atoms with Crippen LogP contribution in [-0.4, -0.2) is 52.5 Å². The Kier molecular flexibility index (Phi) is 15.1. The SMILES string of the molecule is CC(=O)c1nn(CC(=O)N2CCN(c3cccc(C)c3C)CC2)c2c1CCCCC2.CCC.CCCCCCC. The first-order valence-electron chi connectivity index (χ1n) is 16.0. The smallest absolute Gasteiger partial charge is 0.244 e. The third kappa shape index (κ3) is 9.78. The maximum atomic E-state index is 13.0. The highest BCUT2D eigenvalue weighted by molar-refractivity contribution is 5.94. The van der Waals surface area contributed by atoms with Gasteiger partial charge in [0.1, 0.15) is 12.2 Å². The fourth-order valence-electron chi connectivity index (χ4n) is 5.44. The molecule has 0 unspecified atom stereocenters. The molecule has 6 nitrogen and oxygen atoms in total. The van der Waals surface area contributed by atoms with Crippen molar-refractivity contribution in [2.24, 2.45) is 0 Å². The molecule has 1 aromatic heterocycles. The molecule has 2 heterocycles. The Morgan fingerprint density at radius 3 is 2.08 bits per heavy atom. The fourth-order valence-corrected chi connectivity index (χ4v) is 5.44. The van der Waals surface area contributed by atoms with Gasteiger partial charge in [-0.3, -0.25) is 14.3 Å². The van der Waals surface area contributed by atoms with Crippen LogP contribution in [0.25, 0.3) is 0 Å². The number of anilines is 1. The summed E-state index contributed by atoms with van der Waals surface area (Å²) in [5.74, 6) is 0.0988. The second kappa shape index (κ2) is 17.9. The molecule has 6 heteroatoms. The van der Waals surface area contributed by atoms with E-state index in [1.54, 1.807) is 6.92 Å². The van der Waals surface area contributed by atoms with Crippen LogP contribution in [-0.2, 0) is 24.2 Å². The number of carbonyl (C=O) groups is 2. The van der Waals surface area contributed by atoms with Crippen LogP contribution in [0.4, 0.5) is 5.69 Å². The summed E-state index contributed by atoms with van der Waals surface area (Å²) in [5, 5.41) is 4.56. The molecule has 224 valence electrons. The normalized spacial score (nSPS) is 14.8. The van der Waals surface area contributed by atoms with Gasteiger partial charge < -0.3 is 9.80 Å². The predicted molar refractivity (Wildman–Crippen MR) is 169 cm³/mol. The average Bonchev–Trinajstić information content (AvgIpc) is 3.10. The molecule has 1 aliphatic heterocycles. The topological polar surface area (TPSA) is 58.4 Å². The van der Waals surface area contributed by atoms with E-state index in [-0.39, 0.29) is 18.2 Å². The van der Waals surface area contributed by atoms with Crippen molar-refractivity contribution in [2.75, 3.05) is 31.1 Å². The number of ketones is 1. The molecule has 0 spiro atoms. The minimum atomic E-state index is 0.00138. The Labute approximate surface area is 244 Å². The molecular formula is C34H56N4O2. The molecule has 0 bridgehead atoms. The van der Waals surface area contributed by atoms with Gasteiger partial charge in [-0.1, -0.05) is 84.8 Å². The van der Waals surface area contributed by atoms with E-state index in [1.165, 1.54) is 61.8 Å². The van der Waals surface area contributed by atoms with Crippen LogP contribution in [0.2, 0.25) is 0 Å². The summed E-state index contributed by atoms with van der Waals surface area (Å²) < 4.78 is 1.82. The van der Waals surface area contributed by atoms with E-state index in [0.29, 0.717) is 5.69 Å². The van der Waals surface area contributed by atoms with Gasteiger partial charge in [0, 0.05) is 50.0 Å². The molecule has 0 radical (unpaired) electrons. The number of hydrogen-bond donors (Lipinski definition) is 0. The van der Waals surface area contributed by atoms with Crippen LogP contribution in [0.3, 0.4) is 0 Å². The molecule has 0 N–H and O–H groups in total. The first kappa shape index (κ1) is 33.6. The second-order valence-electron chi connectivity index (χ2n) is 11.4. The second-order valence-corrected chi connectivity index (χ2v) is 11.4. The van der Waals surface area contributed by atoms with Crippen molar-refractivity contribution in [3.63, 3.8) is 0 Å². The molecule has 2 aromatic rings. The highest BCUT2D eigenvalue weighted by atomic mass is 16.2. The van der Waals surface area contributed by atoms with Gasteiger partial charge in [0.05, 0.1) is 0 Å². The first-order chi connectivity index (χ1) is 19.3. The molecule has 1 saturated heterocycles. The molecule has 1 fully saturated rings. The molecule has 0 atom stereocenters. The molecule has 1 aromatic carbocycles. The largest absolute Gasteiger partial charge is 0.368 e. The number of hydrogen-bond acceptors (Lipinski definition) is 4. The van der Waals surface area contributed by atoms with Crippen molar-refractivity contribution < 1.29 is 9.59 Å². The number of nitrogens with zero attached hydrogens (tertiary/aromatic N) is 4. The lowest BCUT2D eigenvalue weighted by Crippen LogP contribution is -2.50. The Morgan fingerprint density at radius 2 is 1.48 bits per heavy atom. The summed E-state index contributed by atoms with van der Waals surface area (Å²) in [5.41, 5.74) is 6.62. The van der Waals surface area contributed by atoms with Gasteiger partial charge in [0.15, 0.2) is 5.78 Å². The Bertz CT molecular complexity index is 1050. The van der Waals surface area contributed by atoms with E-state index in [1.807, 2.05) is 9.58 Å². The summed E-state index contributed by atoms with van der Waals surface area (Å²) in [6.45, 7) is 18.0. The third-order valence-electron chi connectivity index (χ3n) is 7.88. The van der Waals surface area contributed by atoms with Gasteiger partial charge >= 0.3 is 0 Å². The molecular weight excluding hydrogens is 496 g/mol. The van der Waals surface area contributed by atoms with Crippen molar-refractivity contribution >= 4 is 17.4 Å². The summed E-state index contributed by atoms with van der Waals surface area (Å²) in [6, 6.07) is 6.41. The maximum absolute atomic E-state index is 13.0. The van der Waals surface area contributed by atoms with E-state index in [4.69, 9.17) is 0 Å². The zero-order chi connectivity index (χ0) is 29.5. The summed E-state index contributed by atoms with van der Waals surface area (Å²) in [7, 11) is 0. The average molecular weight is 553 g/mol. The Morgan fingerprint density at radius 1 is 0.850 bits per heavy atom. The first-order valence-corrected chi connectivity index (χ1v) is 16.0. The maximum Gasteiger partial charge on any atom is 0.244 e. The van der Waals surface area contributed by atoms with E-state index < -0.39 is 0 Å². The van der Waals surface area contributed by atoms with Crippen LogP contribution in [0.5, 0.6) is 0 Å². The van der Waals surface area contributed by atoms with E-state index in [0.717, 1.165) is 63.1 Å². The van der Waals surface area contributed by atoms with E-state index in [9.17, 15) is 9.59 Å². The zero-order valence-electron chi connectivity index (χ0n) is 26.7. The Hall–Kier alpha value is -2.63. The lowest BCUT2D eigenvalue weighted by atomic mass is 10.1. The van der Waals surface area contributed by atoms with Crippen LogP contribution in [0.1, 0.15) is 125 Å². The molecule has 2 aliphatic rings. The number of aryl methyl sites for hydroxylation is 1. The molecule has 1 amide bonds. The molecule has 0 saturated carbocycles. The number of piperazine rings is 1. The zero-order valence-corrected chi connectivity index (χ0v) is 26.7. The summed E-state index contributed by atoms with van der Waals surface area (Å²) in [6.07, 6.45) is 13.4. The van der Waals surface area contributed by atoms with E-state index >= 15 is 0 Å². The number of aromatic nitrogens is 2. The predicted octanol–water partition coefficient (Wildman–Crippen LogP) is 7.71. The van der Waals surface area contributed by atoms with Crippen LogP contribution in [0, 0.1) is 13.8 Å². The van der Waals surface area contributed by atoms with Gasteiger partial charge in [-0.25, -0.2) is 0 Å². The number of rotatable bonds is 8. The van der Waals surface area contributed by atoms with Gasteiger partial charge in [-0.05, 0) is 56.7 Å². The highest BCUT2D eigenvalue weighted by Gasteiger charge is 2.26. The van der Waals surface area contributed by atoms with E-state index in [2.05, 4.69) is 69.7 Å². The number of amides is 1. The van der Waals surface area contributed by atoms with Crippen molar-refractivity contribution in [3.8, 4) is 0 Å². The monoisotopic (exact) mass is 552 g/mol. The van der Waals surface area contributed by atoms with Crippen molar-refractivity contribution in [3.05, 3.63) is 46.3 Å². The van der Waals surface area contributed by atoms with Crippen molar-refractivity contribution in [1.29, 1.82) is 0 Å². The highest BCUT2D eigenvalue weighted by Crippen LogP contribution is 2.26. The lowest BCUT2D eigenvalue weighted by Gasteiger charge is -2.37.